The lowest BCUT2D eigenvalue weighted by atomic mass is 9.51. The van der Waals surface area contributed by atoms with Crippen LogP contribution in [0.4, 0.5) is 5.69 Å². The number of halogens is 1. The second-order valence-electron chi connectivity index (χ2n) is 7.85. The molecule has 1 aromatic heterocycles. The van der Waals surface area contributed by atoms with E-state index < -0.39 is 0 Å². The topological polar surface area (TPSA) is 75.0 Å². The summed E-state index contributed by atoms with van der Waals surface area (Å²) in [5.74, 6) is 0.914. The molecule has 1 saturated heterocycles. The average Bonchev–Trinajstić information content (AvgIpc) is 3.02. The van der Waals surface area contributed by atoms with Crippen molar-refractivity contribution in [1.29, 1.82) is 0 Å². The molecule has 1 N–H and O–H groups in total. The second-order valence-corrected chi connectivity index (χ2v) is 7.85. The molecule has 0 radical (unpaired) electrons. The number of rotatable bonds is 4. The van der Waals surface area contributed by atoms with E-state index in [0.29, 0.717) is 25.2 Å². The van der Waals surface area contributed by atoms with Crippen LogP contribution in [0.15, 0.2) is 17.4 Å². The van der Waals surface area contributed by atoms with Crippen molar-refractivity contribution in [2.24, 2.45) is 17.5 Å². The number of aryl methyl sites for hydroxylation is 1. The van der Waals surface area contributed by atoms with Crippen molar-refractivity contribution in [1.82, 2.24) is 20.0 Å². The van der Waals surface area contributed by atoms with Crippen molar-refractivity contribution in [3.63, 3.8) is 0 Å². The largest absolute Gasteiger partial charge is 0.378 e. The Labute approximate surface area is 183 Å². The van der Waals surface area contributed by atoms with Crippen LogP contribution in [0.25, 0.3) is 0 Å². The van der Waals surface area contributed by atoms with Gasteiger partial charge in [-0.1, -0.05) is 6.42 Å². The first-order valence-corrected chi connectivity index (χ1v) is 9.96. The first kappa shape index (κ1) is 21.4. The van der Waals surface area contributed by atoms with E-state index in [1.54, 1.807) is 22.8 Å². The predicted octanol–water partition coefficient (Wildman–Crippen LogP) is 1.61. The maximum absolute atomic E-state index is 12.7. The van der Waals surface area contributed by atoms with Crippen molar-refractivity contribution in [3.8, 4) is 0 Å². The van der Waals surface area contributed by atoms with Gasteiger partial charge in [0.25, 0.3) is 0 Å². The number of aromatic nitrogens is 2. The Hall–Kier alpha value is -1.36. The molecule has 2 heterocycles. The summed E-state index contributed by atoms with van der Waals surface area (Å²) in [6, 6.07) is 0.396. The van der Waals surface area contributed by atoms with Crippen molar-refractivity contribution in [2.75, 3.05) is 38.2 Å². The van der Waals surface area contributed by atoms with Gasteiger partial charge >= 0.3 is 0 Å². The Balaban J connectivity index is 0.00000225. The van der Waals surface area contributed by atoms with E-state index in [4.69, 9.17) is 4.74 Å². The number of hydrogen-bond acceptors (Lipinski definition) is 4. The van der Waals surface area contributed by atoms with Gasteiger partial charge in [0, 0.05) is 51.4 Å². The fourth-order valence-corrected chi connectivity index (χ4v) is 4.77. The molecular weight excluding hydrogens is 471 g/mol. The molecule has 1 amide bonds. The number of carbonyl (C=O) groups is 1. The molecule has 4 rings (SSSR count). The highest BCUT2D eigenvalue weighted by molar-refractivity contribution is 14.0. The molecule has 2 saturated carbocycles. The highest BCUT2D eigenvalue weighted by Crippen LogP contribution is 2.57. The number of carbonyl (C=O) groups excluding carboxylic acids is 1. The zero-order valence-corrected chi connectivity index (χ0v) is 19.3. The molecule has 28 heavy (non-hydrogen) atoms. The number of aliphatic imine (C=N–C) groups is 1. The molecule has 156 valence electrons. The summed E-state index contributed by atoms with van der Waals surface area (Å²) in [5.41, 5.74) is 1.13. The molecule has 1 aliphatic heterocycles. The average molecular weight is 502 g/mol. The molecule has 3 fully saturated rings. The molecular formula is C19H31IN6O2. The number of ether oxygens (including phenoxy) is 1. The summed E-state index contributed by atoms with van der Waals surface area (Å²) in [4.78, 5) is 21.0. The summed E-state index contributed by atoms with van der Waals surface area (Å²) in [6.07, 6.45) is 8.74. The van der Waals surface area contributed by atoms with Crippen LogP contribution in [0.2, 0.25) is 0 Å². The lowest BCUT2D eigenvalue weighted by molar-refractivity contribution is -0.169. The molecule has 2 unspecified atom stereocenters. The minimum atomic E-state index is 0. The summed E-state index contributed by atoms with van der Waals surface area (Å²) in [5, 5.41) is 7.81. The summed E-state index contributed by atoms with van der Waals surface area (Å²) in [7, 11) is 3.66. The van der Waals surface area contributed by atoms with Crippen molar-refractivity contribution < 1.29 is 9.53 Å². The van der Waals surface area contributed by atoms with Gasteiger partial charge in [-0.25, -0.2) is 0 Å². The third-order valence-corrected chi connectivity index (χ3v) is 6.48. The molecule has 3 aliphatic rings. The molecule has 2 atom stereocenters. The summed E-state index contributed by atoms with van der Waals surface area (Å²) >= 11 is 0. The second kappa shape index (κ2) is 8.56. The summed E-state index contributed by atoms with van der Waals surface area (Å²) in [6.45, 7) is 4.58. The molecule has 0 aromatic carbocycles. The molecule has 0 bridgehead atoms. The maximum atomic E-state index is 12.7. The Kier molecular flexibility index (Phi) is 6.53. The van der Waals surface area contributed by atoms with Gasteiger partial charge in [0.2, 0.25) is 5.91 Å². The van der Waals surface area contributed by atoms with E-state index in [9.17, 15) is 4.79 Å². The predicted molar refractivity (Wildman–Crippen MR) is 119 cm³/mol. The van der Waals surface area contributed by atoms with Gasteiger partial charge in [-0.05, 0) is 26.2 Å². The maximum Gasteiger partial charge on any atom is 0.246 e. The van der Waals surface area contributed by atoms with Crippen LogP contribution in [-0.4, -0.2) is 72.0 Å². The standard InChI is InChI=1S/C19H30N6O2.HI/c1-4-27-16-10-15(19(16)6-5-7-19)22-18(20-2)24-8-9-25(17(26)13-24)14-11-21-23(3)12-14;/h11-12,15-16H,4-10,13H2,1-3H3,(H,20,22);1H. The van der Waals surface area contributed by atoms with Crippen LogP contribution in [0.1, 0.15) is 32.6 Å². The normalized spacial score (nSPS) is 26.5. The van der Waals surface area contributed by atoms with Crippen LogP contribution in [-0.2, 0) is 16.6 Å². The number of nitrogens with zero attached hydrogens (tertiary/aromatic N) is 5. The van der Waals surface area contributed by atoms with Crippen LogP contribution in [0.5, 0.6) is 0 Å². The monoisotopic (exact) mass is 502 g/mol. The molecule has 1 spiro atoms. The fraction of sp³-hybridized carbons (Fsp3) is 0.737. The van der Waals surface area contributed by atoms with E-state index in [0.717, 1.165) is 31.2 Å². The SMILES string of the molecule is CCOC1CC(NC(=NC)N2CCN(c3cnn(C)c3)C(=O)C2)C12CCC2.I. The third kappa shape index (κ3) is 3.62. The molecule has 2 aliphatic carbocycles. The lowest BCUT2D eigenvalue weighted by Gasteiger charge is -2.61. The quantitative estimate of drug-likeness (QED) is 0.385. The Morgan fingerprint density at radius 1 is 1.43 bits per heavy atom. The van der Waals surface area contributed by atoms with Gasteiger partial charge in [0.05, 0.1) is 18.0 Å². The van der Waals surface area contributed by atoms with E-state index in [1.165, 1.54) is 19.3 Å². The smallest absolute Gasteiger partial charge is 0.246 e. The zero-order chi connectivity index (χ0) is 19.0. The Bertz CT molecular complexity index is 732. The summed E-state index contributed by atoms with van der Waals surface area (Å²) < 4.78 is 7.67. The van der Waals surface area contributed by atoms with Crippen molar-refractivity contribution in [3.05, 3.63) is 12.4 Å². The van der Waals surface area contributed by atoms with E-state index in [-0.39, 0.29) is 35.3 Å². The van der Waals surface area contributed by atoms with Gasteiger partial charge in [0.15, 0.2) is 5.96 Å². The highest BCUT2D eigenvalue weighted by atomic mass is 127. The highest BCUT2D eigenvalue weighted by Gasteiger charge is 2.59. The van der Waals surface area contributed by atoms with Gasteiger partial charge in [-0.2, -0.15) is 5.10 Å². The minimum absolute atomic E-state index is 0. The lowest BCUT2D eigenvalue weighted by Crippen LogP contribution is -2.69. The van der Waals surface area contributed by atoms with Crippen LogP contribution in [0.3, 0.4) is 0 Å². The number of amides is 1. The first-order valence-electron chi connectivity index (χ1n) is 9.96. The van der Waals surface area contributed by atoms with Gasteiger partial charge < -0.3 is 19.9 Å². The van der Waals surface area contributed by atoms with Crippen molar-refractivity contribution >= 4 is 41.5 Å². The Morgan fingerprint density at radius 3 is 2.75 bits per heavy atom. The minimum Gasteiger partial charge on any atom is -0.378 e. The van der Waals surface area contributed by atoms with Crippen molar-refractivity contribution in [2.45, 2.75) is 44.8 Å². The van der Waals surface area contributed by atoms with Crippen LogP contribution < -0.4 is 10.2 Å². The van der Waals surface area contributed by atoms with Gasteiger partial charge in [-0.3, -0.25) is 14.5 Å². The van der Waals surface area contributed by atoms with E-state index >= 15 is 0 Å². The number of piperazine rings is 1. The van der Waals surface area contributed by atoms with Crippen LogP contribution >= 0.6 is 24.0 Å². The third-order valence-electron chi connectivity index (χ3n) is 6.48. The molecule has 1 aromatic rings. The Morgan fingerprint density at radius 2 is 2.21 bits per heavy atom. The number of nitrogens with one attached hydrogen (secondary N) is 1. The zero-order valence-electron chi connectivity index (χ0n) is 16.9. The van der Waals surface area contributed by atoms with Crippen LogP contribution in [0, 0.1) is 5.41 Å². The van der Waals surface area contributed by atoms with E-state index in [1.807, 2.05) is 13.2 Å². The fourth-order valence-electron chi connectivity index (χ4n) is 4.77. The van der Waals surface area contributed by atoms with E-state index in [2.05, 4.69) is 27.2 Å². The number of hydrogen-bond donors (Lipinski definition) is 1. The first-order chi connectivity index (χ1) is 13.1. The molecule has 8 nitrogen and oxygen atoms in total. The van der Waals surface area contributed by atoms with Gasteiger partial charge in [-0.15, -0.1) is 24.0 Å². The number of anilines is 1. The molecule has 9 heteroatoms. The number of guanidine groups is 1. The van der Waals surface area contributed by atoms with Gasteiger partial charge in [0.1, 0.15) is 6.54 Å².